The Balaban J connectivity index is 2.50. The highest BCUT2D eigenvalue weighted by atomic mass is 16.6. The molecule has 1 aromatic rings. The Morgan fingerprint density at radius 1 is 1.79 bits per heavy atom. The van der Waals surface area contributed by atoms with Crippen LogP contribution in [0.25, 0.3) is 0 Å². The summed E-state index contributed by atoms with van der Waals surface area (Å²) in [7, 11) is 1.72. The molecule has 1 saturated carbocycles. The van der Waals surface area contributed by atoms with Gasteiger partial charge in [0.2, 0.25) is 0 Å². The zero-order valence-corrected chi connectivity index (χ0v) is 7.93. The Bertz CT molecular complexity index is 381. The zero-order valence-electron chi connectivity index (χ0n) is 7.93. The van der Waals surface area contributed by atoms with Crippen molar-refractivity contribution in [2.75, 3.05) is 6.54 Å². The van der Waals surface area contributed by atoms with Gasteiger partial charge in [-0.3, -0.25) is 14.8 Å². The lowest BCUT2D eigenvalue weighted by atomic mass is 10.0. The molecule has 1 aliphatic carbocycles. The second-order valence-electron chi connectivity index (χ2n) is 3.74. The first-order valence-corrected chi connectivity index (χ1v) is 4.48. The Labute approximate surface area is 80.9 Å². The van der Waals surface area contributed by atoms with Gasteiger partial charge in [0.25, 0.3) is 0 Å². The summed E-state index contributed by atoms with van der Waals surface area (Å²) >= 11 is 0. The average molecular weight is 196 g/mol. The van der Waals surface area contributed by atoms with Crippen molar-refractivity contribution in [1.82, 2.24) is 9.78 Å². The molecule has 0 spiro atoms. The molecule has 6 nitrogen and oxygen atoms in total. The minimum atomic E-state index is -0.391. The average Bonchev–Trinajstić information content (AvgIpc) is 2.84. The van der Waals surface area contributed by atoms with Crippen molar-refractivity contribution in [3.05, 3.63) is 22.0 Å². The third kappa shape index (κ3) is 1.11. The standard InChI is InChI=1S/C8H12N4O2/c1-11-7(8(5-9)2-3-8)6(4-10-11)12(13)14/h4H,2-3,5,9H2,1H3. The summed E-state index contributed by atoms with van der Waals surface area (Å²) in [6, 6.07) is 0. The van der Waals surface area contributed by atoms with Gasteiger partial charge in [-0.2, -0.15) is 5.10 Å². The Kier molecular flexibility index (Phi) is 1.81. The number of aryl methyl sites for hydroxylation is 1. The first-order chi connectivity index (χ1) is 6.60. The highest BCUT2D eigenvalue weighted by Crippen LogP contribution is 2.49. The van der Waals surface area contributed by atoms with Crippen LogP contribution in [0.3, 0.4) is 0 Å². The van der Waals surface area contributed by atoms with Gasteiger partial charge in [-0.15, -0.1) is 0 Å². The largest absolute Gasteiger partial charge is 0.330 e. The van der Waals surface area contributed by atoms with Crippen LogP contribution in [0.4, 0.5) is 5.69 Å². The van der Waals surface area contributed by atoms with Gasteiger partial charge < -0.3 is 5.73 Å². The fourth-order valence-corrected chi connectivity index (χ4v) is 1.86. The van der Waals surface area contributed by atoms with E-state index in [1.165, 1.54) is 6.20 Å². The maximum atomic E-state index is 10.7. The number of nitro groups is 1. The lowest BCUT2D eigenvalue weighted by Crippen LogP contribution is -2.23. The molecule has 14 heavy (non-hydrogen) atoms. The van der Waals surface area contributed by atoms with Gasteiger partial charge in [-0.25, -0.2) is 0 Å². The second-order valence-corrected chi connectivity index (χ2v) is 3.74. The highest BCUT2D eigenvalue weighted by molar-refractivity contribution is 5.42. The molecule has 0 bridgehead atoms. The molecule has 0 radical (unpaired) electrons. The van der Waals surface area contributed by atoms with Gasteiger partial charge >= 0.3 is 5.69 Å². The predicted octanol–water partition coefficient (Wildman–Crippen LogP) is 0.319. The molecule has 1 aliphatic rings. The van der Waals surface area contributed by atoms with E-state index in [1.54, 1.807) is 11.7 Å². The number of hydrogen-bond donors (Lipinski definition) is 1. The third-order valence-corrected chi connectivity index (χ3v) is 2.86. The van der Waals surface area contributed by atoms with Crippen LogP contribution in [0, 0.1) is 10.1 Å². The van der Waals surface area contributed by atoms with E-state index in [2.05, 4.69) is 5.10 Å². The quantitative estimate of drug-likeness (QED) is 0.557. The lowest BCUT2D eigenvalue weighted by Gasteiger charge is -2.11. The van der Waals surface area contributed by atoms with Crippen molar-refractivity contribution in [1.29, 1.82) is 0 Å². The molecule has 0 aromatic carbocycles. The monoisotopic (exact) mass is 196 g/mol. The Morgan fingerprint density at radius 2 is 2.43 bits per heavy atom. The molecule has 0 aliphatic heterocycles. The first-order valence-electron chi connectivity index (χ1n) is 4.48. The van der Waals surface area contributed by atoms with Crippen LogP contribution in [-0.4, -0.2) is 21.2 Å². The molecule has 0 saturated heterocycles. The maximum absolute atomic E-state index is 10.7. The lowest BCUT2D eigenvalue weighted by molar-refractivity contribution is -0.385. The zero-order chi connectivity index (χ0) is 10.3. The van der Waals surface area contributed by atoms with Gasteiger partial charge in [-0.1, -0.05) is 0 Å². The van der Waals surface area contributed by atoms with Crippen molar-refractivity contribution in [3.8, 4) is 0 Å². The van der Waals surface area contributed by atoms with Crippen LogP contribution >= 0.6 is 0 Å². The molecule has 0 unspecified atom stereocenters. The summed E-state index contributed by atoms with van der Waals surface area (Å²) in [5, 5.41) is 14.6. The van der Waals surface area contributed by atoms with Gasteiger partial charge in [0.1, 0.15) is 11.9 Å². The van der Waals surface area contributed by atoms with Crippen molar-refractivity contribution in [2.24, 2.45) is 12.8 Å². The number of nitrogens with two attached hydrogens (primary N) is 1. The molecular formula is C8H12N4O2. The van der Waals surface area contributed by atoms with Gasteiger partial charge in [0, 0.05) is 19.0 Å². The molecule has 0 amide bonds. The number of hydrogen-bond acceptors (Lipinski definition) is 4. The van der Waals surface area contributed by atoms with E-state index in [0.29, 0.717) is 12.2 Å². The van der Waals surface area contributed by atoms with E-state index < -0.39 is 4.92 Å². The first kappa shape index (κ1) is 9.14. The molecule has 0 atom stereocenters. The van der Waals surface area contributed by atoms with E-state index in [9.17, 15) is 10.1 Å². The summed E-state index contributed by atoms with van der Waals surface area (Å²) < 4.78 is 1.57. The van der Waals surface area contributed by atoms with E-state index in [4.69, 9.17) is 5.73 Å². The van der Waals surface area contributed by atoms with Crippen molar-refractivity contribution < 1.29 is 4.92 Å². The molecule has 1 aromatic heterocycles. The highest BCUT2D eigenvalue weighted by Gasteiger charge is 2.49. The molecule has 1 fully saturated rings. The number of aromatic nitrogens is 2. The maximum Gasteiger partial charge on any atom is 0.310 e. The molecular weight excluding hydrogens is 184 g/mol. The molecule has 6 heteroatoms. The summed E-state index contributed by atoms with van der Waals surface area (Å²) in [5.74, 6) is 0. The minimum absolute atomic E-state index is 0.0930. The van der Waals surface area contributed by atoms with Gasteiger partial charge in [-0.05, 0) is 12.8 Å². The summed E-state index contributed by atoms with van der Waals surface area (Å²) in [5.41, 5.74) is 6.21. The summed E-state index contributed by atoms with van der Waals surface area (Å²) in [4.78, 5) is 10.3. The fraction of sp³-hybridized carbons (Fsp3) is 0.625. The second kappa shape index (κ2) is 2.78. The van der Waals surface area contributed by atoms with Crippen LogP contribution in [0.2, 0.25) is 0 Å². The fourth-order valence-electron chi connectivity index (χ4n) is 1.86. The van der Waals surface area contributed by atoms with E-state index in [-0.39, 0.29) is 11.1 Å². The van der Waals surface area contributed by atoms with E-state index >= 15 is 0 Å². The SMILES string of the molecule is Cn1ncc([N+](=O)[O-])c1C1(CN)CC1. The number of nitrogens with zero attached hydrogens (tertiary/aromatic N) is 3. The molecule has 2 rings (SSSR count). The van der Waals surface area contributed by atoms with Gasteiger partial charge in [0.15, 0.2) is 0 Å². The topological polar surface area (TPSA) is 87.0 Å². The Hall–Kier alpha value is -1.43. The molecule has 2 N–H and O–H groups in total. The van der Waals surface area contributed by atoms with Gasteiger partial charge in [0.05, 0.1) is 4.92 Å². The van der Waals surface area contributed by atoms with Crippen molar-refractivity contribution in [2.45, 2.75) is 18.3 Å². The number of rotatable bonds is 3. The summed E-state index contributed by atoms with van der Waals surface area (Å²) in [6.07, 6.45) is 3.14. The van der Waals surface area contributed by atoms with Crippen LogP contribution in [-0.2, 0) is 12.5 Å². The minimum Gasteiger partial charge on any atom is -0.330 e. The normalized spacial score (nSPS) is 18.1. The van der Waals surface area contributed by atoms with Crippen LogP contribution < -0.4 is 5.73 Å². The third-order valence-electron chi connectivity index (χ3n) is 2.86. The van der Waals surface area contributed by atoms with Crippen molar-refractivity contribution >= 4 is 5.69 Å². The predicted molar refractivity (Wildman–Crippen MR) is 49.8 cm³/mol. The van der Waals surface area contributed by atoms with Crippen LogP contribution in [0.1, 0.15) is 18.5 Å². The van der Waals surface area contributed by atoms with Crippen LogP contribution in [0.5, 0.6) is 0 Å². The smallest absolute Gasteiger partial charge is 0.310 e. The summed E-state index contributed by atoms with van der Waals surface area (Å²) in [6.45, 7) is 0.452. The van der Waals surface area contributed by atoms with Crippen molar-refractivity contribution in [3.63, 3.8) is 0 Å². The Morgan fingerprint density at radius 3 is 2.86 bits per heavy atom. The van der Waals surface area contributed by atoms with E-state index in [0.717, 1.165) is 12.8 Å². The van der Waals surface area contributed by atoms with E-state index in [1.807, 2.05) is 0 Å². The van der Waals surface area contributed by atoms with Crippen LogP contribution in [0.15, 0.2) is 6.20 Å². The molecule has 1 heterocycles. The molecule has 76 valence electrons.